The number of methoxy groups -OCH3 is 1. The van der Waals surface area contributed by atoms with Crippen LogP contribution in [0.3, 0.4) is 0 Å². The maximum atomic E-state index is 11.8. The molecule has 0 radical (unpaired) electrons. The fourth-order valence-corrected chi connectivity index (χ4v) is 1.32. The summed E-state index contributed by atoms with van der Waals surface area (Å²) in [7, 11) is 2.62. The quantitative estimate of drug-likeness (QED) is 0.296. The fourth-order valence-electron chi connectivity index (χ4n) is 1.32. The minimum absolute atomic E-state index is 0.0343. The van der Waals surface area contributed by atoms with E-state index in [4.69, 9.17) is 9.57 Å². The Bertz CT molecular complexity index is 448. The maximum absolute atomic E-state index is 11.8. The van der Waals surface area contributed by atoms with E-state index in [0.717, 1.165) is 0 Å². The van der Waals surface area contributed by atoms with Crippen molar-refractivity contribution in [3.8, 4) is 0 Å². The summed E-state index contributed by atoms with van der Waals surface area (Å²) in [6, 6.07) is 0. The predicted octanol–water partition coefficient (Wildman–Crippen LogP) is 2.24. The van der Waals surface area contributed by atoms with Crippen molar-refractivity contribution in [1.82, 2.24) is 0 Å². The number of ether oxygens (including phenoxy) is 1. The first kappa shape index (κ1) is 17.6. The average molecular weight is 280 g/mol. The van der Waals surface area contributed by atoms with E-state index in [0.29, 0.717) is 11.1 Å². The Morgan fingerprint density at radius 1 is 1.30 bits per heavy atom. The first-order valence-corrected chi connectivity index (χ1v) is 5.94. The zero-order valence-electron chi connectivity index (χ0n) is 12.3. The Morgan fingerprint density at radius 3 is 2.45 bits per heavy atom. The standard InChI is InChI=1S/C14H20N2O4/c1-6-9-12(11(7-2)10-20-15-8-3)13(16-19-5)14(17)18-4/h6-9H,2,10H2,1,3-5H3/b9-6-,12-11-,15-8-,16-13+. The number of hydrogen-bond donors (Lipinski definition) is 0. The molecule has 6 nitrogen and oxygen atoms in total. The molecule has 110 valence electrons. The second-order valence-electron chi connectivity index (χ2n) is 3.39. The van der Waals surface area contributed by atoms with Gasteiger partial charge in [0, 0.05) is 17.4 Å². The van der Waals surface area contributed by atoms with Gasteiger partial charge in [-0.2, -0.15) is 0 Å². The summed E-state index contributed by atoms with van der Waals surface area (Å²) in [5.74, 6) is -0.613. The van der Waals surface area contributed by atoms with Crippen molar-refractivity contribution in [2.75, 3.05) is 20.8 Å². The molecule has 0 aromatic heterocycles. The van der Waals surface area contributed by atoms with Crippen LogP contribution >= 0.6 is 0 Å². The summed E-state index contributed by atoms with van der Waals surface area (Å²) in [5.41, 5.74) is 1.17. The highest BCUT2D eigenvalue weighted by Crippen LogP contribution is 2.13. The summed E-state index contributed by atoms with van der Waals surface area (Å²) in [5, 5.41) is 7.36. The van der Waals surface area contributed by atoms with Crippen LogP contribution in [0.2, 0.25) is 0 Å². The van der Waals surface area contributed by atoms with Crippen molar-refractivity contribution in [1.29, 1.82) is 0 Å². The van der Waals surface area contributed by atoms with Crippen LogP contribution in [0.5, 0.6) is 0 Å². The van der Waals surface area contributed by atoms with Gasteiger partial charge in [0.05, 0.1) is 7.11 Å². The minimum atomic E-state index is -0.613. The van der Waals surface area contributed by atoms with Gasteiger partial charge < -0.3 is 14.4 Å². The molecule has 0 amide bonds. The molecule has 0 heterocycles. The third-order valence-electron chi connectivity index (χ3n) is 2.14. The van der Waals surface area contributed by atoms with E-state index in [2.05, 4.69) is 21.7 Å². The molecular weight excluding hydrogens is 260 g/mol. The monoisotopic (exact) mass is 280 g/mol. The Balaban J connectivity index is 5.69. The predicted molar refractivity (Wildman–Crippen MR) is 78.6 cm³/mol. The highest BCUT2D eigenvalue weighted by molar-refractivity contribution is 6.44. The molecule has 0 aliphatic heterocycles. The Labute approximate surface area is 119 Å². The molecule has 0 aromatic rings. The van der Waals surface area contributed by atoms with E-state index in [9.17, 15) is 4.79 Å². The van der Waals surface area contributed by atoms with Crippen LogP contribution in [-0.4, -0.2) is 38.7 Å². The molecular formula is C14H20N2O4. The van der Waals surface area contributed by atoms with Gasteiger partial charge in [0.1, 0.15) is 13.7 Å². The highest BCUT2D eigenvalue weighted by atomic mass is 16.6. The molecule has 6 heteroatoms. The van der Waals surface area contributed by atoms with Crippen LogP contribution in [0.15, 0.2) is 46.3 Å². The van der Waals surface area contributed by atoms with Gasteiger partial charge in [-0.3, -0.25) is 0 Å². The molecule has 0 aliphatic carbocycles. The van der Waals surface area contributed by atoms with Gasteiger partial charge in [-0.05, 0) is 13.8 Å². The van der Waals surface area contributed by atoms with Gasteiger partial charge in [-0.15, -0.1) is 0 Å². The molecule has 0 atom stereocenters. The van der Waals surface area contributed by atoms with Crippen molar-refractivity contribution >= 4 is 17.9 Å². The second kappa shape index (κ2) is 10.5. The van der Waals surface area contributed by atoms with Crippen molar-refractivity contribution in [2.24, 2.45) is 10.3 Å². The lowest BCUT2D eigenvalue weighted by Crippen LogP contribution is -2.20. The number of carbonyl (C=O) groups excluding carboxylic acids is 1. The number of hydrogen-bond acceptors (Lipinski definition) is 6. The van der Waals surface area contributed by atoms with Crippen molar-refractivity contribution in [3.63, 3.8) is 0 Å². The summed E-state index contributed by atoms with van der Waals surface area (Å²) in [6.45, 7) is 7.39. The maximum Gasteiger partial charge on any atom is 0.360 e. The molecule has 20 heavy (non-hydrogen) atoms. The molecule has 0 spiro atoms. The normalized spacial score (nSPS) is 13.3. The fraction of sp³-hybridized carbons (Fsp3) is 0.357. The molecule has 0 aromatic carbocycles. The number of oxime groups is 2. The van der Waals surface area contributed by atoms with Crippen molar-refractivity contribution in [2.45, 2.75) is 13.8 Å². The zero-order chi connectivity index (χ0) is 15.4. The lowest BCUT2D eigenvalue weighted by molar-refractivity contribution is -0.132. The molecule has 0 saturated carbocycles. The van der Waals surface area contributed by atoms with E-state index < -0.39 is 5.97 Å². The molecule has 0 aliphatic rings. The van der Waals surface area contributed by atoms with Gasteiger partial charge in [-0.1, -0.05) is 35.1 Å². The topological polar surface area (TPSA) is 69.5 Å². The third kappa shape index (κ3) is 5.51. The minimum Gasteiger partial charge on any atom is -0.464 e. The van der Waals surface area contributed by atoms with Crippen LogP contribution in [0.25, 0.3) is 0 Å². The second-order valence-corrected chi connectivity index (χ2v) is 3.39. The average Bonchev–Trinajstić information content (AvgIpc) is 2.47. The number of esters is 1. The van der Waals surface area contributed by atoms with Crippen molar-refractivity contribution in [3.05, 3.63) is 36.0 Å². The van der Waals surface area contributed by atoms with Gasteiger partial charge >= 0.3 is 5.97 Å². The number of carbonyl (C=O) groups is 1. The van der Waals surface area contributed by atoms with E-state index >= 15 is 0 Å². The largest absolute Gasteiger partial charge is 0.464 e. The molecule has 0 fully saturated rings. The number of nitrogens with zero attached hydrogens (tertiary/aromatic N) is 2. The van der Waals surface area contributed by atoms with Gasteiger partial charge in [0.15, 0.2) is 5.71 Å². The van der Waals surface area contributed by atoms with E-state index in [1.807, 2.05) is 6.92 Å². The Kier molecular flexibility index (Phi) is 9.29. The van der Waals surface area contributed by atoms with Crippen LogP contribution < -0.4 is 0 Å². The lowest BCUT2D eigenvalue weighted by atomic mass is 10.0. The molecule has 0 saturated heterocycles. The number of rotatable bonds is 8. The van der Waals surface area contributed by atoms with Crippen LogP contribution in [-0.2, 0) is 19.2 Å². The smallest absolute Gasteiger partial charge is 0.360 e. The van der Waals surface area contributed by atoms with E-state index in [1.165, 1.54) is 20.4 Å². The molecule has 0 unspecified atom stereocenters. The first-order valence-electron chi connectivity index (χ1n) is 5.94. The summed E-state index contributed by atoms with van der Waals surface area (Å²) in [4.78, 5) is 21.5. The van der Waals surface area contributed by atoms with Crippen LogP contribution in [0.4, 0.5) is 0 Å². The zero-order valence-corrected chi connectivity index (χ0v) is 12.3. The third-order valence-corrected chi connectivity index (χ3v) is 2.14. The highest BCUT2D eigenvalue weighted by Gasteiger charge is 2.19. The molecule has 0 bridgehead atoms. The van der Waals surface area contributed by atoms with Gasteiger partial charge in [0.25, 0.3) is 0 Å². The summed E-state index contributed by atoms with van der Waals surface area (Å²) >= 11 is 0. The molecule has 0 N–H and O–H groups in total. The summed E-state index contributed by atoms with van der Waals surface area (Å²) in [6.07, 6.45) is 6.54. The van der Waals surface area contributed by atoms with Gasteiger partial charge in [-0.25, -0.2) is 4.79 Å². The van der Waals surface area contributed by atoms with E-state index in [-0.39, 0.29) is 12.3 Å². The first-order chi connectivity index (χ1) is 9.65. The summed E-state index contributed by atoms with van der Waals surface area (Å²) < 4.78 is 4.69. The Hall–Kier alpha value is -2.37. The van der Waals surface area contributed by atoms with Crippen LogP contribution in [0, 0.1) is 0 Å². The number of allylic oxidation sites excluding steroid dienone is 2. The SMILES string of the molecule is C=C/C(CO/N=C\C)=C(\C=C/C)C(=N\OC)/C(=O)OC. The van der Waals surface area contributed by atoms with E-state index in [1.54, 1.807) is 25.2 Å². The van der Waals surface area contributed by atoms with Gasteiger partial charge in [0.2, 0.25) is 0 Å². The molecule has 0 rings (SSSR count). The Morgan fingerprint density at radius 2 is 2.00 bits per heavy atom. The van der Waals surface area contributed by atoms with Crippen molar-refractivity contribution < 1.29 is 19.2 Å². The van der Waals surface area contributed by atoms with Crippen LogP contribution in [0.1, 0.15) is 13.8 Å². The lowest BCUT2D eigenvalue weighted by Gasteiger charge is -2.09.